The lowest BCUT2D eigenvalue weighted by Crippen LogP contribution is -1.99. The maximum atomic E-state index is 5.43. The Balaban J connectivity index is 1.64. The van der Waals surface area contributed by atoms with Crippen LogP contribution in [0.2, 0.25) is 0 Å². The normalized spacial score (nSPS) is 11.0. The van der Waals surface area contributed by atoms with Crippen molar-refractivity contribution < 1.29 is 4.74 Å². The Kier molecular flexibility index (Phi) is 3.96. The van der Waals surface area contributed by atoms with E-state index >= 15 is 0 Å². The zero-order valence-electron chi connectivity index (χ0n) is 13.2. The van der Waals surface area contributed by atoms with Crippen molar-refractivity contribution >= 4 is 16.3 Å². The van der Waals surface area contributed by atoms with Gasteiger partial charge in [-0.05, 0) is 24.1 Å². The molecule has 6 heteroatoms. The summed E-state index contributed by atoms with van der Waals surface area (Å²) in [5.74, 6) is 1.69. The van der Waals surface area contributed by atoms with Crippen LogP contribution in [0.4, 0.5) is 0 Å². The zero-order chi connectivity index (χ0) is 16.4. The third-order valence-electron chi connectivity index (χ3n) is 3.87. The van der Waals surface area contributed by atoms with E-state index in [2.05, 4.69) is 34.5 Å². The molecule has 5 nitrogen and oxygen atoms in total. The van der Waals surface area contributed by atoms with Crippen LogP contribution in [0.25, 0.3) is 15.5 Å². The molecule has 0 aliphatic carbocycles. The molecule has 2 aromatic heterocycles. The van der Waals surface area contributed by atoms with Crippen LogP contribution < -0.4 is 4.74 Å². The summed E-state index contributed by atoms with van der Waals surface area (Å²) in [5, 5.41) is 14.1. The molecule has 4 aromatic rings. The van der Waals surface area contributed by atoms with Gasteiger partial charge in [0.15, 0.2) is 10.8 Å². The first kappa shape index (κ1) is 14.8. The second-order valence-corrected chi connectivity index (χ2v) is 6.36. The van der Waals surface area contributed by atoms with Crippen molar-refractivity contribution in [3.8, 4) is 16.3 Å². The number of benzene rings is 2. The summed E-state index contributed by atoms with van der Waals surface area (Å²) in [6.45, 7) is 0. The molecule has 0 saturated carbocycles. The second-order valence-electron chi connectivity index (χ2n) is 5.40. The van der Waals surface area contributed by atoms with Gasteiger partial charge in [-0.1, -0.05) is 53.8 Å². The number of para-hydroxylation sites is 1. The lowest BCUT2D eigenvalue weighted by Gasteiger charge is -2.04. The molecule has 4 rings (SSSR count). The molecule has 0 atom stereocenters. The van der Waals surface area contributed by atoms with E-state index in [1.54, 1.807) is 7.11 Å². The van der Waals surface area contributed by atoms with Crippen LogP contribution in [0.5, 0.6) is 5.75 Å². The molecule has 120 valence electrons. The standard InChI is InChI=1S/C18H16N4OS/c1-23-15-10-6-5-9-14(15)17-21-22-16(19-20-18(22)24-17)12-11-13-7-3-2-4-8-13/h2-10H,11-12H2,1H3. The van der Waals surface area contributed by atoms with Gasteiger partial charge in [0.05, 0.1) is 12.7 Å². The van der Waals surface area contributed by atoms with Crippen LogP contribution >= 0.6 is 11.3 Å². The van der Waals surface area contributed by atoms with Crippen LogP contribution in [0.3, 0.4) is 0 Å². The van der Waals surface area contributed by atoms with E-state index in [1.165, 1.54) is 16.9 Å². The minimum absolute atomic E-state index is 0.805. The van der Waals surface area contributed by atoms with Gasteiger partial charge in [0.2, 0.25) is 4.96 Å². The first-order valence-electron chi connectivity index (χ1n) is 7.73. The number of fused-ring (bicyclic) bond motifs is 1. The Hall–Kier alpha value is -2.73. The molecule has 0 bridgehead atoms. The van der Waals surface area contributed by atoms with E-state index in [0.717, 1.165) is 39.9 Å². The minimum Gasteiger partial charge on any atom is -0.496 e. The Bertz CT molecular complexity index is 961. The van der Waals surface area contributed by atoms with Crippen LogP contribution in [-0.2, 0) is 12.8 Å². The van der Waals surface area contributed by atoms with E-state index < -0.39 is 0 Å². The molecule has 0 N–H and O–H groups in total. The van der Waals surface area contributed by atoms with Gasteiger partial charge >= 0.3 is 0 Å². The number of ether oxygens (including phenoxy) is 1. The molecular formula is C18H16N4OS. The minimum atomic E-state index is 0.805. The summed E-state index contributed by atoms with van der Waals surface area (Å²) >= 11 is 1.52. The Morgan fingerprint density at radius 3 is 2.58 bits per heavy atom. The topological polar surface area (TPSA) is 52.3 Å². The Labute approximate surface area is 143 Å². The first-order chi connectivity index (χ1) is 11.8. The fraction of sp³-hybridized carbons (Fsp3) is 0.167. The monoisotopic (exact) mass is 336 g/mol. The summed E-state index contributed by atoms with van der Waals surface area (Å²) < 4.78 is 7.27. The van der Waals surface area contributed by atoms with Crippen molar-refractivity contribution in [2.75, 3.05) is 7.11 Å². The summed E-state index contributed by atoms with van der Waals surface area (Å²) in [7, 11) is 1.67. The van der Waals surface area contributed by atoms with E-state index in [0.29, 0.717) is 0 Å². The summed E-state index contributed by atoms with van der Waals surface area (Å²) in [6, 6.07) is 18.3. The highest BCUT2D eigenvalue weighted by Gasteiger charge is 2.15. The van der Waals surface area contributed by atoms with Crippen molar-refractivity contribution in [2.45, 2.75) is 12.8 Å². The highest BCUT2D eigenvalue weighted by atomic mass is 32.1. The van der Waals surface area contributed by atoms with Crippen molar-refractivity contribution in [3.63, 3.8) is 0 Å². The van der Waals surface area contributed by atoms with E-state index in [-0.39, 0.29) is 0 Å². The third-order valence-corrected chi connectivity index (χ3v) is 4.81. The maximum absolute atomic E-state index is 5.43. The third kappa shape index (κ3) is 2.76. The van der Waals surface area contributed by atoms with Crippen LogP contribution in [0.15, 0.2) is 54.6 Å². The SMILES string of the molecule is COc1ccccc1-c1nn2c(CCc3ccccc3)nnc2s1. The summed E-state index contributed by atoms with van der Waals surface area (Å²) in [5.41, 5.74) is 2.26. The molecule has 2 aromatic carbocycles. The van der Waals surface area contributed by atoms with Gasteiger partial charge < -0.3 is 4.74 Å². The highest BCUT2D eigenvalue weighted by molar-refractivity contribution is 7.19. The molecule has 0 saturated heterocycles. The first-order valence-corrected chi connectivity index (χ1v) is 8.55. The molecule has 0 unspecified atom stereocenters. The van der Waals surface area contributed by atoms with Crippen LogP contribution in [0, 0.1) is 0 Å². The van der Waals surface area contributed by atoms with E-state index in [1.807, 2.05) is 34.8 Å². The number of hydrogen-bond donors (Lipinski definition) is 0. The molecule has 2 heterocycles. The Morgan fingerprint density at radius 2 is 1.75 bits per heavy atom. The van der Waals surface area contributed by atoms with Crippen molar-refractivity contribution in [2.24, 2.45) is 0 Å². The van der Waals surface area contributed by atoms with Crippen molar-refractivity contribution in [3.05, 3.63) is 66.0 Å². The molecular weight excluding hydrogens is 320 g/mol. The zero-order valence-corrected chi connectivity index (χ0v) is 14.0. The molecule has 0 spiro atoms. The quantitative estimate of drug-likeness (QED) is 0.558. The number of hydrogen-bond acceptors (Lipinski definition) is 5. The van der Waals surface area contributed by atoms with E-state index in [9.17, 15) is 0 Å². The number of methoxy groups -OCH3 is 1. The molecule has 0 aliphatic rings. The van der Waals surface area contributed by atoms with Gasteiger partial charge in [-0.3, -0.25) is 0 Å². The predicted molar refractivity (Wildman–Crippen MR) is 94.5 cm³/mol. The van der Waals surface area contributed by atoms with Gasteiger partial charge in [-0.25, -0.2) is 0 Å². The van der Waals surface area contributed by atoms with Gasteiger partial charge in [0.25, 0.3) is 0 Å². The molecule has 0 fully saturated rings. The lowest BCUT2D eigenvalue weighted by molar-refractivity contribution is 0.416. The highest BCUT2D eigenvalue weighted by Crippen LogP contribution is 2.32. The number of aromatic nitrogens is 4. The molecule has 24 heavy (non-hydrogen) atoms. The average Bonchev–Trinajstić information content (AvgIpc) is 3.22. The molecule has 0 amide bonds. The van der Waals surface area contributed by atoms with Crippen molar-refractivity contribution in [1.82, 2.24) is 19.8 Å². The van der Waals surface area contributed by atoms with Crippen LogP contribution in [0.1, 0.15) is 11.4 Å². The summed E-state index contributed by atoms with van der Waals surface area (Å²) in [4.78, 5) is 0.805. The largest absolute Gasteiger partial charge is 0.496 e. The van der Waals surface area contributed by atoms with Gasteiger partial charge in [-0.2, -0.15) is 9.61 Å². The maximum Gasteiger partial charge on any atom is 0.234 e. The summed E-state index contributed by atoms with van der Waals surface area (Å²) in [6.07, 6.45) is 1.73. The van der Waals surface area contributed by atoms with Crippen LogP contribution in [-0.4, -0.2) is 26.9 Å². The molecule has 0 aliphatic heterocycles. The van der Waals surface area contributed by atoms with E-state index in [4.69, 9.17) is 9.84 Å². The lowest BCUT2D eigenvalue weighted by atomic mass is 10.1. The van der Waals surface area contributed by atoms with Gasteiger partial charge in [0, 0.05) is 6.42 Å². The second kappa shape index (κ2) is 6.41. The Morgan fingerprint density at radius 1 is 0.958 bits per heavy atom. The fourth-order valence-electron chi connectivity index (χ4n) is 2.64. The van der Waals surface area contributed by atoms with Gasteiger partial charge in [-0.15, -0.1) is 10.2 Å². The predicted octanol–water partition coefficient (Wildman–Crippen LogP) is 3.65. The smallest absolute Gasteiger partial charge is 0.234 e. The average molecular weight is 336 g/mol. The number of rotatable bonds is 5. The number of nitrogens with zero attached hydrogens (tertiary/aromatic N) is 4. The van der Waals surface area contributed by atoms with Gasteiger partial charge in [0.1, 0.15) is 5.75 Å². The fourth-order valence-corrected chi connectivity index (χ4v) is 3.53. The number of aryl methyl sites for hydroxylation is 2. The molecule has 0 radical (unpaired) electrons. The van der Waals surface area contributed by atoms with Crippen molar-refractivity contribution in [1.29, 1.82) is 0 Å².